The summed E-state index contributed by atoms with van der Waals surface area (Å²) < 4.78 is 50.3. The molecule has 0 aliphatic carbocycles. The second-order valence-electron chi connectivity index (χ2n) is 9.12. The van der Waals surface area contributed by atoms with E-state index < -0.39 is 34.8 Å². The van der Waals surface area contributed by atoms with Crippen molar-refractivity contribution in [2.75, 3.05) is 0 Å². The molecule has 1 atom stereocenters. The van der Waals surface area contributed by atoms with Gasteiger partial charge in [-0.2, -0.15) is 18.4 Å². The first kappa shape index (κ1) is 27.7. The molecule has 2 aromatic heterocycles. The van der Waals surface area contributed by atoms with Crippen LogP contribution in [0.25, 0.3) is 10.1 Å². The molecule has 0 amide bonds. The van der Waals surface area contributed by atoms with E-state index in [-0.39, 0.29) is 23.7 Å². The van der Waals surface area contributed by atoms with Gasteiger partial charge in [0.25, 0.3) is 11.3 Å². The molecule has 1 unspecified atom stereocenters. The van der Waals surface area contributed by atoms with Crippen LogP contribution in [0.3, 0.4) is 0 Å². The third-order valence-electron chi connectivity index (χ3n) is 6.31. The Kier molecular flexibility index (Phi) is 7.43. The third-order valence-corrected chi connectivity index (χ3v) is 7.38. The number of carbonyl (C=O) groups is 1. The van der Waals surface area contributed by atoms with Crippen molar-refractivity contribution in [2.24, 2.45) is 0 Å². The van der Waals surface area contributed by atoms with Crippen molar-refractivity contribution in [1.29, 1.82) is 5.26 Å². The van der Waals surface area contributed by atoms with Crippen molar-refractivity contribution in [3.63, 3.8) is 0 Å². The molecule has 0 saturated carbocycles. The number of rotatable bonds is 8. The normalized spacial score (nSPS) is 13.3. The van der Waals surface area contributed by atoms with Crippen LogP contribution in [0.4, 0.5) is 18.9 Å². The zero-order valence-corrected chi connectivity index (χ0v) is 21.8. The van der Waals surface area contributed by atoms with Crippen molar-refractivity contribution in [2.45, 2.75) is 51.4 Å². The number of hydrogen-bond donors (Lipinski definition) is 0. The lowest BCUT2D eigenvalue weighted by Crippen LogP contribution is -2.46. The molecule has 0 aliphatic heterocycles. The largest absolute Gasteiger partial charge is 0.439 e. The second kappa shape index (κ2) is 10.5. The Bertz CT molecular complexity index is 1590. The van der Waals surface area contributed by atoms with Crippen LogP contribution in [0.2, 0.25) is 0 Å². The van der Waals surface area contributed by atoms with Crippen LogP contribution in [-0.4, -0.2) is 32.1 Å². The van der Waals surface area contributed by atoms with E-state index in [0.717, 1.165) is 51.7 Å². The summed E-state index contributed by atoms with van der Waals surface area (Å²) in [5, 5.41) is 28.8. The summed E-state index contributed by atoms with van der Waals surface area (Å²) in [6.45, 7) is 5.30. The van der Waals surface area contributed by atoms with Gasteiger partial charge >= 0.3 is 12.1 Å². The first-order valence-corrected chi connectivity index (χ1v) is 12.6. The minimum Gasteiger partial charge on any atom is -0.439 e. The molecule has 0 aliphatic rings. The number of alkyl halides is 3. The minimum atomic E-state index is -5.03. The fourth-order valence-corrected chi connectivity index (χ4v) is 5.53. The highest BCUT2D eigenvalue weighted by Gasteiger charge is 2.60. The first-order valence-electron chi connectivity index (χ1n) is 11.8. The SMILES string of the molecule is CCC(OC(=O)c1ccc([N+](=O)[O-])cc1)(c1cn(Cc2ccc3c(C(C)C)c(C#N)sc3c2)nn1)C(F)(F)F. The molecule has 39 heavy (non-hydrogen) atoms. The van der Waals surface area contributed by atoms with E-state index in [9.17, 15) is 33.3 Å². The molecule has 0 saturated heterocycles. The highest BCUT2D eigenvalue weighted by molar-refractivity contribution is 7.19. The van der Waals surface area contributed by atoms with Crippen LogP contribution >= 0.6 is 11.3 Å². The Hall–Kier alpha value is -4.31. The lowest BCUT2D eigenvalue weighted by Gasteiger charge is -2.32. The number of non-ortho nitro benzene ring substituents is 1. The number of nitriles is 1. The molecule has 13 heteroatoms. The number of thiophene rings is 1. The van der Waals surface area contributed by atoms with E-state index in [2.05, 4.69) is 16.4 Å². The number of hydrogen-bond acceptors (Lipinski definition) is 8. The van der Waals surface area contributed by atoms with Crippen molar-refractivity contribution in [3.8, 4) is 6.07 Å². The maximum atomic E-state index is 14.4. The maximum absolute atomic E-state index is 14.4. The monoisotopic (exact) mass is 557 g/mol. The predicted molar refractivity (Wildman–Crippen MR) is 136 cm³/mol. The summed E-state index contributed by atoms with van der Waals surface area (Å²) in [6, 6.07) is 11.8. The number of halogens is 3. The molecule has 0 spiro atoms. The molecule has 9 nitrogen and oxygen atoms in total. The van der Waals surface area contributed by atoms with Gasteiger partial charge in [-0.15, -0.1) is 16.4 Å². The highest BCUT2D eigenvalue weighted by atomic mass is 32.1. The lowest BCUT2D eigenvalue weighted by molar-refractivity contribution is -0.384. The first-order chi connectivity index (χ1) is 18.4. The van der Waals surface area contributed by atoms with Gasteiger partial charge in [-0.3, -0.25) is 10.1 Å². The second-order valence-corrected chi connectivity index (χ2v) is 10.2. The van der Waals surface area contributed by atoms with Crippen molar-refractivity contribution >= 4 is 33.1 Å². The molecule has 2 aromatic carbocycles. The number of carbonyl (C=O) groups excluding carboxylic acids is 1. The van der Waals surface area contributed by atoms with Gasteiger partial charge in [-0.05, 0) is 47.1 Å². The van der Waals surface area contributed by atoms with Gasteiger partial charge in [0.2, 0.25) is 0 Å². The van der Waals surface area contributed by atoms with Gasteiger partial charge in [0.05, 0.1) is 23.2 Å². The number of esters is 1. The molecule has 0 bridgehead atoms. The van der Waals surface area contributed by atoms with E-state index >= 15 is 0 Å². The minimum absolute atomic E-state index is 0.0910. The van der Waals surface area contributed by atoms with Crippen LogP contribution in [0.5, 0.6) is 0 Å². The summed E-state index contributed by atoms with van der Waals surface area (Å²) in [7, 11) is 0. The predicted octanol–water partition coefficient (Wildman–Crippen LogP) is 6.47. The third kappa shape index (κ3) is 5.20. The van der Waals surface area contributed by atoms with Crippen molar-refractivity contribution < 1.29 is 27.6 Å². The van der Waals surface area contributed by atoms with Crippen LogP contribution in [-0.2, 0) is 16.9 Å². The molecule has 4 rings (SSSR count). The zero-order valence-electron chi connectivity index (χ0n) is 21.0. The van der Waals surface area contributed by atoms with Crippen LogP contribution < -0.4 is 0 Å². The van der Waals surface area contributed by atoms with E-state index in [1.54, 1.807) is 0 Å². The molecule has 2 heterocycles. The van der Waals surface area contributed by atoms with Gasteiger partial charge < -0.3 is 4.74 Å². The molecule has 4 aromatic rings. The molecular formula is C26H22F3N5O4S. The van der Waals surface area contributed by atoms with E-state index in [1.807, 2.05) is 32.0 Å². The number of nitro groups is 1. The average molecular weight is 558 g/mol. The van der Waals surface area contributed by atoms with Crippen LogP contribution in [0.15, 0.2) is 48.7 Å². The quantitative estimate of drug-likeness (QED) is 0.138. The van der Waals surface area contributed by atoms with Gasteiger partial charge in [0.15, 0.2) is 0 Å². The number of nitro benzene ring substituents is 1. The standard InChI is InChI=1S/C26H22F3N5O4S/c1-4-25(26(27,28)29,38-24(35)17-6-8-18(9-7-17)34(36)37)22-14-33(32-31-22)13-16-5-10-19-20(11-16)39-21(12-30)23(19)15(2)3/h5-11,14-15H,4,13H2,1-3H3. The Morgan fingerprint density at radius 3 is 2.49 bits per heavy atom. The highest BCUT2D eigenvalue weighted by Crippen LogP contribution is 2.44. The Labute approximate surface area is 224 Å². The Morgan fingerprint density at radius 2 is 1.92 bits per heavy atom. The summed E-state index contributed by atoms with van der Waals surface area (Å²) in [5.74, 6) is -1.16. The number of nitrogens with zero attached hydrogens (tertiary/aromatic N) is 5. The van der Waals surface area contributed by atoms with Crippen molar-refractivity contribution in [1.82, 2.24) is 15.0 Å². The lowest BCUT2D eigenvalue weighted by atomic mass is 9.95. The fourth-order valence-electron chi connectivity index (χ4n) is 4.31. The average Bonchev–Trinajstić information content (AvgIpc) is 3.50. The number of aromatic nitrogens is 3. The van der Waals surface area contributed by atoms with Crippen LogP contribution in [0.1, 0.15) is 65.2 Å². The van der Waals surface area contributed by atoms with E-state index in [1.165, 1.54) is 22.9 Å². The zero-order chi connectivity index (χ0) is 28.5. The summed E-state index contributed by atoms with van der Waals surface area (Å²) >= 11 is 1.35. The fraction of sp³-hybridized carbons (Fsp3) is 0.308. The summed E-state index contributed by atoms with van der Waals surface area (Å²) in [4.78, 5) is 23.4. The molecule has 0 N–H and O–H groups in total. The molecule has 0 radical (unpaired) electrons. The van der Waals surface area contributed by atoms with Crippen LogP contribution in [0, 0.1) is 21.4 Å². The molecular weight excluding hydrogens is 535 g/mol. The Morgan fingerprint density at radius 1 is 1.23 bits per heavy atom. The smallest absolute Gasteiger partial charge is 0.434 e. The van der Waals surface area contributed by atoms with Gasteiger partial charge in [-0.1, -0.05) is 38.1 Å². The molecule has 0 fully saturated rings. The number of benzene rings is 2. The topological polar surface area (TPSA) is 124 Å². The summed E-state index contributed by atoms with van der Waals surface area (Å²) in [6.07, 6.45) is -4.63. The number of ether oxygens (including phenoxy) is 1. The van der Waals surface area contributed by atoms with E-state index in [4.69, 9.17) is 4.74 Å². The molecule has 202 valence electrons. The van der Waals surface area contributed by atoms with Crippen molar-refractivity contribution in [3.05, 3.63) is 86.0 Å². The summed E-state index contributed by atoms with van der Waals surface area (Å²) in [5.41, 5.74) is -2.60. The van der Waals surface area contributed by atoms with E-state index in [0.29, 0.717) is 4.88 Å². The van der Waals surface area contributed by atoms with Gasteiger partial charge in [0, 0.05) is 16.8 Å². The van der Waals surface area contributed by atoms with Gasteiger partial charge in [-0.25, -0.2) is 9.48 Å². The van der Waals surface area contributed by atoms with Gasteiger partial charge in [0.1, 0.15) is 16.6 Å². The Balaban J connectivity index is 1.63. The maximum Gasteiger partial charge on any atom is 0.434 e. The number of fused-ring (bicyclic) bond motifs is 1.